The maximum Gasteiger partial charge on any atom is 0.253 e. The van der Waals surface area contributed by atoms with E-state index in [0.717, 1.165) is 31.7 Å². The van der Waals surface area contributed by atoms with Crippen molar-refractivity contribution in [1.82, 2.24) is 14.7 Å². The van der Waals surface area contributed by atoms with Crippen molar-refractivity contribution in [2.75, 3.05) is 52.0 Å². The maximum absolute atomic E-state index is 12.5. The highest BCUT2D eigenvalue weighted by molar-refractivity contribution is 5.94. The second kappa shape index (κ2) is 6.67. The van der Waals surface area contributed by atoms with Gasteiger partial charge in [-0.15, -0.1) is 0 Å². The number of nitrogen functional groups attached to an aromatic ring is 1. The van der Waals surface area contributed by atoms with Crippen LogP contribution in [0.2, 0.25) is 0 Å². The van der Waals surface area contributed by atoms with Gasteiger partial charge in [-0.1, -0.05) is 0 Å². The van der Waals surface area contributed by atoms with Gasteiger partial charge < -0.3 is 15.5 Å². The molecule has 3 rings (SSSR count). The molecule has 0 unspecified atom stereocenters. The minimum absolute atomic E-state index is 0.128. The van der Waals surface area contributed by atoms with Gasteiger partial charge in [0.05, 0.1) is 0 Å². The Kier molecular flexibility index (Phi) is 4.64. The first-order valence-electron chi connectivity index (χ1n) is 8.21. The van der Waals surface area contributed by atoms with Crippen LogP contribution in [-0.4, -0.2) is 73.0 Å². The standard InChI is InChI=1S/C17H26N4O/c1-19-8-6-16(7-9-19)20-10-12-21(13-11-20)17(22)14-2-4-15(18)5-3-14/h2-5,16H,6-13,18H2,1H3. The predicted molar refractivity (Wildman–Crippen MR) is 88.8 cm³/mol. The summed E-state index contributed by atoms with van der Waals surface area (Å²) in [5, 5.41) is 0. The van der Waals surface area contributed by atoms with Gasteiger partial charge in [-0.3, -0.25) is 9.69 Å². The number of likely N-dealkylation sites (tertiary alicyclic amines) is 1. The maximum atomic E-state index is 12.5. The second-order valence-corrected chi connectivity index (χ2v) is 6.48. The zero-order valence-electron chi connectivity index (χ0n) is 13.4. The normalized spacial score (nSPS) is 22.0. The highest BCUT2D eigenvalue weighted by Crippen LogP contribution is 2.18. The summed E-state index contributed by atoms with van der Waals surface area (Å²) in [6.07, 6.45) is 2.50. The topological polar surface area (TPSA) is 52.8 Å². The Bertz CT molecular complexity index is 500. The molecule has 0 aliphatic carbocycles. The Balaban J connectivity index is 1.53. The monoisotopic (exact) mass is 302 g/mol. The lowest BCUT2D eigenvalue weighted by atomic mass is 10.0. The Morgan fingerprint density at radius 2 is 1.59 bits per heavy atom. The average Bonchev–Trinajstić information content (AvgIpc) is 2.56. The second-order valence-electron chi connectivity index (χ2n) is 6.48. The van der Waals surface area contributed by atoms with Gasteiger partial charge in [0.1, 0.15) is 0 Å². The zero-order valence-corrected chi connectivity index (χ0v) is 13.4. The van der Waals surface area contributed by atoms with E-state index in [4.69, 9.17) is 5.73 Å². The lowest BCUT2D eigenvalue weighted by molar-refractivity contribution is 0.0475. The van der Waals surface area contributed by atoms with Crippen LogP contribution in [0.5, 0.6) is 0 Å². The number of hydrogen-bond acceptors (Lipinski definition) is 4. The molecule has 120 valence electrons. The first-order chi connectivity index (χ1) is 10.6. The molecule has 5 heteroatoms. The van der Waals surface area contributed by atoms with Gasteiger partial charge in [0.15, 0.2) is 0 Å². The van der Waals surface area contributed by atoms with Crippen LogP contribution < -0.4 is 5.73 Å². The Hall–Kier alpha value is -1.59. The Labute approximate surface area is 132 Å². The van der Waals surface area contributed by atoms with E-state index in [9.17, 15) is 4.79 Å². The summed E-state index contributed by atoms with van der Waals surface area (Å²) >= 11 is 0. The molecule has 2 aliphatic heterocycles. The van der Waals surface area contributed by atoms with E-state index in [1.54, 1.807) is 12.1 Å². The van der Waals surface area contributed by atoms with Crippen molar-refractivity contribution in [3.63, 3.8) is 0 Å². The van der Waals surface area contributed by atoms with Crippen molar-refractivity contribution < 1.29 is 4.79 Å². The molecule has 1 aromatic carbocycles. The van der Waals surface area contributed by atoms with E-state index in [0.29, 0.717) is 11.7 Å². The number of anilines is 1. The summed E-state index contributed by atoms with van der Waals surface area (Å²) in [7, 11) is 2.19. The van der Waals surface area contributed by atoms with Crippen molar-refractivity contribution >= 4 is 11.6 Å². The van der Waals surface area contributed by atoms with Crippen LogP contribution in [0, 0.1) is 0 Å². The lowest BCUT2D eigenvalue weighted by Crippen LogP contribution is -2.54. The van der Waals surface area contributed by atoms with Gasteiger partial charge >= 0.3 is 0 Å². The number of hydrogen-bond donors (Lipinski definition) is 1. The molecule has 0 spiro atoms. The number of carbonyl (C=O) groups is 1. The first-order valence-corrected chi connectivity index (χ1v) is 8.21. The molecule has 5 nitrogen and oxygen atoms in total. The van der Waals surface area contributed by atoms with Crippen LogP contribution in [-0.2, 0) is 0 Å². The quantitative estimate of drug-likeness (QED) is 0.832. The van der Waals surface area contributed by atoms with Gasteiger partial charge in [0, 0.05) is 43.5 Å². The van der Waals surface area contributed by atoms with Gasteiger partial charge in [0.2, 0.25) is 0 Å². The molecule has 1 amide bonds. The number of nitrogens with two attached hydrogens (primary N) is 1. The number of benzene rings is 1. The molecule has 2 N–H and O–H groups in total. The number of piperidine rings is 1. The molecule has 0 bridgehead atoms. The van der Waals surface area contributed by atoms with Gasteiger partial charge in [0.25, 0.3) is 5.91 Å². The van der Waals surface area contributed by atoms with Crippen LogP contribution in [0.15, 0.2) is 24.3 Å². The molecule has 0 radical (unpaired) electrons. The molecule has 0 saturated carbocycles. The third kappa shape index (κ3) is 3.42. The van der Waals surface area contributed by atoms with E-state index in [1.807, 2.05) is 17.0 Å². The summed E-state index contributed by atoms with van der Waals surface area (Å²) < 4.78 is 0. The summed E-state index contributed by atoms with van der Waals surface area (Å²) in [6.45, 7) is 6.03. The van der Waals surface area contributed by atoms with Crippen molar-refractivity contribution in [3.05, 3.63) is 29.8 Å². The fourth-order valence-electron chi connectivity index (χ4n) is 3.46. The number of piperazine rings is 1. The number of rotatable bonds is 2. The molecule has 0 aromatic heterocycles. The summed E-state index contributed by atoms with van der Waals surface area (Å²) in [5.41, 5.74) is 7.12. The SMILES string of the molecule is CN1CCC(N2CCN(C(=O)c3ccc(N)cc3)CC2)CC1. The predicted octanol–water partition coefficient (Wildman–Crippen LogP) is 1.12. The highest BCUT2D eigenvalue weighted by Gasteiger charge is 2.28. The number of carbonyl (C=O) groups excluding carboxylic acids is 1. The minimum Gasteiger partial charge on any atom is -0.399 e. The molecular weight excluding hydrogens is 276 g/mol. The van der Waals surface area contributed by atoms with E-state index >= 15 is 0 Å². The minimum atomic E-state index is 0.128. The number of nitrogens with zero attached hydrogens (tertiary/aromatic N) is 3. The molecule has 2 heterocycles. The Morgan fingerprint density at radius 3 is 2.18 bits per heavy atom. The fourth-order valence-corrected chi connectivity index (χ4v) is 3.46. The summed E-state index contributed by atoms with van der Waals surface area (Å²) in [5.74, 6) is 0.128. The summed E-state index contributed by atoms with van der Waals surface area (Å²) in [6, 6.07) is 7.93. The van der Waals surface area contributed by atoms with Crippen LogP contribution in [0.1, 0.15) is 23.2 Å². The van der Waals surface area contributed by atoms with Crippen LogP contribution in [0.25, 0.3) is 0 Å². The van der Waals surface area contributed by atoms with Crippen molar-refractivity contribution in [2.24, 2.45) is 0 Å². The molecule has 22 heavy (non-hydrogen) atoms. The number of amides is 1. The Morgan fingerprint density at radius 1 is 1.00 bits per heavy atom. The molecule has 2 fully saturated rings. The average molecular weight is 302 g/mol. The molecule has 2 aliphatic rings. The van der Waals surface area contributed by atoms with Gasteiger partial charge in [-0.25, -0.2) is 0 Å². The molecule has 0 atom stereocenters. The van der Waals surface area contributed by atoms with Crippen LogP contribution in [0.3, 0.4) is 0 Å². The van der Waals surface area contributed by atoms with Gasteiger partial charge in [-0.2, -0.15) is 0 Å². The zero-order chi connectivity index (χ0) is 15.5. The molecule has 1 aromatic rings. The van der Waals surface area contributed by atoms with E-state index in [-0.39, 0.29) is 5.91 Å². The molecule has 2 saturated heterocycles. The van der Waals surface area contributed by atoms with Crippen LogP contribution in [0.4, 0.5) is 5.69 Å². The van der Waals surface area contributed by atoms with E-state index in [2.05, 4.69) is 16.8 Å². The molecular formula is C17H26N4O. The lowest BCUT2D eigenvalue weighted by Gasteiger charge is -2.42. The van der Waals surface area contributed by atoms with Crippen LogP contribution >= 0.6 is 0 Å². The largest absolute Gasteiger partial charge is 0.399 e. The highest BCUT2D eigenvalue weighted by atomic mass is 16.2. The smallest absolute Gasteiger partial charge is 0.253 e. The van der Waals surface area contributed by atoms with Gasteiger partial charge in [-0.05, 0) is 57.2 Å². The van der Waals surface area contributed by atoms with Crippen molar-refractivity contribution in [3.8, 4) is 0 Å². The third-order valence-corrected chi connectivity index (χ3v) is 4.96. The van der Waals surface area contributed by atoms with E-state index < -0.39 is 0 Å². The van der Waals surface area contributed by atoms with E-state index in [1.165, 1.54) is 25.9 Å². The third-order valence-electron chi connectivity index (χ3n) is 4.96. The first kappa shape index (κ1) is 15.3. The summed E-state index contributed by atoms with van der Waals surface area (Å²) in [4.78, 5) is 19.4. The fraction of sp³-hybridized carbons (Fsp3) is 0.588. The van der Waals surface area contributed by atoms with Crippen molar-refractivity contribution in [1.29, 1.82) is 0 Å². The van der Waals surface area contributed by atoms with Crippen molar-refractivity contribution in [2.45, 2.75) is 18.9 Å².